The lowest BCUT2D eigenvalue weighted by Gasteiger charge is -2.10. The van der Waals surface area contributed by atoms with Gasteiger partial charge in [-0.3, -0.25) is 9.59 Å². The number of anilines is 4. The first kappa shape index (κ1) is 19.9. The van der Waals surface area contributed by atoms with Gasteiger partial charge in [0.1, 0.15) is 34.7 Å². The molecule has 0 saturated heterocycles. The van der Waals surface area contributed by atoms with Crippen LogP contribution in [-0.2, 0) is 4.79 Å². The quantitative estimate of drug-likeness (QED) is 0.604. The van der Waals surface area contributed by atoms with Gasteiger partial charge in [-0.1, -0.05) is 6.07 Å². The normalized spacial score (nSPS) is 10.3. The molecule has 0 bridgehead atoms. The summed E-state index contributed by atoms with van der Waals surface area (Å²) < 4.78 is 27.5. The van der Waals surface area contributed by atoms with E-state index < -0.39 is 23.2 Å². The van der Waals surface area contributed by atoms with E-state index >= 15 is 0 Å². The van der Waals surface area contributed by atoms with Crippen LogP contribution in [0.1, 0.15) is 23.2 Å². The molecule has 0 spiro atoms. The maximum atomic E-state index is 13.8. The number of para-hydroxylation sites is 1. The number of halogens is 2. The molecule has 2 aromatic carbocycles. The number of nitrogens with one attached hydrogen (secondary N) is 3. The minimum absolute atomic E-state index is 0.0579. The molecule has 0 fully saturated rings. The van der Waals surface area contributed by atoms with Gasteiger partial charge >= 0.3 is 0 Å². The van der Waals surface area contributed by atoms with E-state index in [1.807, 2.05) is 0 Å². The summed E-state index contributed by atoms with van der Waals surface area (Å²) in [5.74, 6) is -2.11. The Morgan fingerprint density at radius 2 is 1.52 bits per heavy atom. The number of aromatic nitrogens is 2. The van der Waals surface area contributed by atoms with E-state index in [2.05, 4.69) is 25.9 Å². The van der Waals surface area contributed by atoms with Gasteiger partial charge in [0.2, 0.25) is 5.91 Å². The molecular weight excluding hydrogens is 380 g/mol. The lowest BCUT2D eigenvalue weighted by Crippen LogP contribution is -2.17. The van der Waals surface area contributed by atoms with E-state index in [1.165, 1.54) is 19.1 Å². The minimum atomic E-state index is -0.887. The third-order valence-electron chi connectivity index (χ3n) is 3.75. The van der Waals surface area contributed by atoms with E-state index in [0.29, 0.717) is 23.0 Å². The van der Waals surface area contributed by atoms with Crippen LogP contribution in [0.4, 0.5) is 31.7 Å². The van der Waals surface area contributed by atoms with Gasteiger partial charge in [0.15, 0.2) is 0 Å². The summed E-state index contributed by atoms with van der Waals surface area (Å²) in [4.78, 5) is 31.7. The number of carbonyl (C=O) groups is 2. The van der Waals surface area contributed by atoms with E-state index in [9.17, 15) is 18.4 Å². The topological polar surface area (TPSA) is 96.0 Å². The van der Waals surface area contributed by atoms with Crippen molar-refractivity contribution in [3.05, 3.63) is 71.7 Å². The Morgan fingerprint density at radius 3 is 2.14 bits per heavy atom. The van der Waals surface area contributed by atoms with Crippen LogP contribution in [0.3, 0.4) is 0 Å². The van der Waals surface area contributed by atoms with Gasteiger partial charge in [-0.25, -0.2) is 18.7 Å². The van der Waals surface area contributed by atoms with Crippen molar-refractivity contribution in [3.8, 4) is 0 Å². The molecule has 0 radical (unpaired) electrons. The van der Waals surface area contributed by atoms with E-state index in [-0.39, 0.29) is 11.6 Å². The molecular formula is C20H17F2N5O2. The van der Waals surface area contributed by atoms with Crippen molar-refractivity contribution < 1.29 is 18.4 Å². The zero-order valence-corrected chi connectivity index (χ0v) is 15.6. The lowest BCUT2D eigenvalue weighted by atomic mass is 10.2. The highest BCUT2D eigenvalue weighted by Gasteiger charge is 2.16. The Hall–Kier alpha value is -3.88. The first-order valence-corrected chi connectivity index (χ1v) is 8.57. The first-order chi connectivity index (χ1) is 13.8. The van der Waals surface area contributed by atoms with Crippen molar-refractivity contribution in [2.24, 2.45) is 0 Å². The molecule has 3 aromatic rings. The molecule has 0 aliphatic carbocycles. The SMILES string of the molecule is CC(=O)Nc1ccc(Nc2cc(C(=O)Nc3c(F)cccc3F)nc(C)n2)cc1. The molecule has 1 heterocycles. The first-order valence-electron chi connectivity index (χ1n) is 8.57. The molecule has 148 valence electrons. The molecule has 0 aliphatic rings. The smallest absolute Gasteiger partial charge is 0.274 e. The Kier molecular flexibility index (Phi) is 5.77. The van der Waals surface area contributed by atoms with Gasteiger partial charge in [0, 0.05) is 24.4 Å². The van der Waals surface area contributed by atoms with Gasteiger partial charge in [-0.2, -0.15) is 0 Å². The van der Waals surface area contributed by atoms with Gasteiger partial charge in [-0.15, -0.1) is 0 Å². The van der Waals surface area contributed by atoms with Gasteiger partial charge in [-0.05, 0) is 43.3 Å². The summed E-state index contributed by atoms with van der Waals surface area (Å²) >= 11 is 0. The average molecular weight is 397 g/mol. The van der Waals surface area contributed by atoms with Crippen molar-refractivity contribution in [1.82, 2.24) is 9.97 Å². The summed E-state index contributed by atoms with van der Waals surface area (Å²) in [6.45, 7) is 3.00. The number of hydrogen-bond acceptors (Lipinski definition) is 5. The zero-order valence-electron chi connectivity index (χ0n) is 15.6. The number of hydrogen-bond donors (Lipinski definition) is 3. The largest absolute Gasteiger partial charge is 0.340 e. The number of rotatable bonds is 5. The molecule has 3 N–H and O–H groups in total. The predicted octanol–water partition coefficient (Wildman–Crippen LogP) is 4.02. The van der Waals surface area contributed by atoms with E-state index in [1.54, 1.807) is 31.2 Å². The third-order valence-corrected chi connectivity index (χ3v) is 3.75. The standard InChI is InChI=1S/C20H17F2N5O2/c1-11-23-17(20(29)27-19-15(21)4-3-5-16(19)22)10-18(24-11)26-14-8-6-13(7-9-14)25-12(2)28/h3-10H,1-2H3,(H,25,28)(H,27,29)(H,23,24,26). The zero-order chi connectivity index (χ0) is 21.0. The highest BCUT2D eigenvalue weighted by Crippen LogP contribution is 2.21. The Labute approximate surface area is 165 Å². The molecule has 3 rings (SSSR count). The van der Waals surface area contributed by atoms with Gasteiger partial charge in [0.05, 0.1) is 0 Å². The Morgan fingerprint density at radius 1 is 0.897 bits per heavy atom. The molecule has 0 saturated carbocycles. The second kappa shape index (κ2) is 8.42. The number of benzene rings is 2. The summed E-state index contributed by atoms with van der Waals surface area (Å²) in [6.07, 6.45) is 0. The molecule has 9 heteroatoms. The van der Waals surface area contributed by atoms with Crippen molar-refractivity contribution in [1.29, 1.82) is 0 Å². The summed E-state index contributed by atoms with van der Waals surface area (Å²) in [5.41, 5.74) is 0.687. The van der Waals surface area contributed by atoms with Crippen LogP contribution in [0.25, 0.3) is 0 Å². The molecule has 2 amide bonds. The molecule has 0 unspecified atom stereocenters. The second-order valence-electron chi connectivity index (χ2n) is 6.12. The maximum absolute atomic E-state index is 13.8. The van der Waals surface area contributed by atoms with Crippen molar-refractivity contribution in [3.63, 3.8) is 0 Å². The molecule has 0 atom stereocenters. The molecule has 7 nitrogen and oxygen atoms in total. The van der Waals surface area contributed by atoms with Gasteiger partial charge in [0.25, 0.3) is 5.91 Å². The maximum Gasteiger partial charge on any atom is 0.274 e. The fraction of sp³-hybridized carbons (Fsp3) is 0.100. The number of nitrogens with zero attached hydrogens (tertiary/aromatic N) is 2. The van der Waals surface area contributed by atoms with Crippen molar-refractivity contribution in [2.75, 3.05) is 16.0 Å². The van der Waals surface area contributed by atoms with Crippen LogP contribution in [0.2, 0.25) is 0 Å². The fourth-order valence-corrected chi connectivity index (χ4v) is 2.53. The highest BCUT2D eigenvalue weighted by molar-refractivity contribution is 6.03. The molecule has 29 heavy (non-hydrogen) atoms. The summed E-state index contributed by atoms with van der Waals surface area (Å²) in [6, 6.07) is 11.5. The van der Waals surface area contributed by atoms with Crippen LogP contribution in [-0.4, -0.2) is 21.8 Å². The monoisotopic (exact) mass is 397 g/mol. The lowest BCUT2D eigenvalue weighted by molar-refractivity contribution is -0.114. The van der Waals surface area contributed by atoms with Crippen LogP contribution in [0, 0.1) is 18.6 Å². The average Bonchev–Trinajstić information content (AvgIpc) is 2.65. The predicted molar refractivity (Wildman–Crippen MR) is 105 cm³/mol. The minimum Gasteiger partial charge on any atom is -0.340 e. The van der Waals surface area contributed by atoms with Crippen LogP contribution in [0.15, 0.2) is 48.5 Å². The molecule has 0 aliphatic heterocycles. The van der Waals surface area contributed by atoms with Crippen molar-refractivity contribution >= 4 is 34.7 Å². The Bertz CT molecular complexity index is 1050. The van der Waals surface area contributed by atoms with E-state index in [0.717, 1.165) is 12.1 Å². The number of aryl methyl sites for hydroxylation is 1. The van der Waals surface area contributed by atoms with E-state index in [4.69, 9.17) is 0 Å². The number of carbonyl (C=O) groups excluding carboxylic acids is 2. The fourth-order valence-electron chi connectivity index (χ4n) is 2.53. The number of amides is 2. The second-order valence-corrected chi connectivity index (χ2v) is 6.12. The third kappa shape index (κ3) is 5.10. The molecule has 1 aromatic heterocycles. The van der Waals surface area contributed by atoms with Crippen LogP contribution < -0.4 is 16.0 Å². The van der Waals surface area contributed by atoms with Crippen LogP contribution >= 0.6 is 0 Å². The Balaban J connectivity index is 1.79. The van der Waals surface area contributed by atoms with Gasteiger partial charge < -0.3 is 16.0 Å². The van der Waals surface area contributed by atoms with Crippen molar-refractivity contribution in [2.45, 2.75) is 13.8 Å². The summed E-state index contributed by atoms with van der Waals surface area (Å²) in [5, 5.41) is 7.86. The summed E-state index contributed by atoms with van der Waals surface area (Å²) in [7, 11) is 0. The highest BCUT2D eigenvalue weighted by atomic mass is 19.1. The van der Waals surface area contributed by atoms with Crippen LogP contribution in [0.5, 0.6) is 0 Å².